The van der Waals surface area contributed by atoms with Crippen molar-refractivity contribution in [3.8, 4) is 0 Å². The van der Waals surface area contributed by atoms with Gasteiger partial charge in [-0.05, 0) is 31.5 Å². The van der Waals surface area contributed by atoms with Gasteiger partial charge < -0.3 is 19.5 Å². The largest absolute Gasteiger partial charge is 0.389 e. The second kappa shape index (κ2) is 8.62. The summed E-state index contributed by atoms with van der Waals surface area (Å²) in [5, 5.41) is 9.69. The van der Waals surface area contributed by atoms with Crippen molar-refractivity contribution >= 4 is 21.6 Å². The van der Waals surface area contributed by atoms with E-state index in [4.69, 9.17) is 9.47 Å². The quantitative estimate of drug-likeness (QED) is 0.786. The molecule has 0 saturated carbocycles. The Kier molecular flexibility index (Phi) is 7.51. The van der Waals surface area contributed by atoms with Crippen LogP contribution in [0.1, 0.15) is 25.5 Å². The van der Waals surface area contributed by atoms with Gasteiger partial charge in [-0.25, -0.2) is 0 Å². The molecule has 0 aromatic heterocycles. The fourth-order valence-corrected chi connectivity index (χ4v) is 2.86. The van der Waals surface area contributed by atoms with Gasteiger partial charge in [-0.15, -0.1) is 0 Å². The van der Waals surface area contributed by atoms with E-state index < -0.39 is 6.10 Å². The van der Waals surface area contributed by atoms with E-state index >= 15 is 0 Å². The van der Waals surface area contributed by atoms with Crippen molar-refractivity contribution in [1.29, 1.82) is 0 Å². The Balaban J connectivity index is 2.97. The predicted molar refractivity (Wildman–Crippen MR) is 85.3 cm³/mol. The summed E-state index contributed by atoms with van der Waals surface area (Å²) in [7, 11) is 3.41. The number of benzene rings is 1. The Labute approximate surface area is 129 Å². The zero-order valence-corrected chi connectivity index (χ0v) is 14.2. The normalized spacial score (nSPS) is 14.1. The minimum absolute atomic E-state index is 0.249. The first-order valence-electron chi connectivity index (χ1n) is 6.73. The Morgan fingerprint density at radius 1 is 1.25 bits per heavy atom. The third kappa shape index (κ3) is 4.74. The first-order valence-corrected chi connectivity index (χ1v) is 7.52. The summed E-state index contributed by atoms with van der Waals surface area (Å²) in [5.74, 6) is 0. The van der Waals surface area contributed by atoms with E-state index in [0.29, 0.717) is 13.2 Å². The second-order valence-electron chi connectivity index (χ2n) is 4.87. The number of nitrogens with zero attached hydrogens (tertiary/aromatic N) is 1. The summed E-state index contributed by atoms with van der Waals surface area (Å²) in [4.78, 5) is 2.24. The van der Waals surface area contributed by atoms with Crippen LogP contribution in [0.2, 0.25) is 0 Å². The minimum Gasteiger partial charge on any atom is -0.389 e. The van der Waals surface area contributed by atoms with Crippen LogP contribution in [0.4, 0.5) is 5.69 Å². The zero-order chi connectivity index (χ0) is 15.1. The first kappa shape index (κ1) is 17.4. The molecule has 0 fully saturated rings. The number of ether oxygens (including phenoxy) is 2. The molecule has 0 radical (unpaired) electrons. The molecule has 0 amide bonds. The van der Waals surface area contributed by atoms with Crippen molar-refractivity contribution in [2.45, 2.75) is 26.0 Å². The molecule has 0 spiro atoms. The maximum Gasteiger partial charge on any atom is 0.0772 e. The van der Waals surface area contributed by atoms with Crippen molar-refractivity contribution in [3.05, 3.63) is 28.2 Å². The van der Waals surface area contributed by atoms with Gasteiger partial charge in [0.15, 0.2) is 0 Å². The smallest absolute Gasteiger partial charge is 0.0772 e. The Morgan fingerprint density at radius 3 is 2.45 bits per heavy atom. The highest BCUT2D eigenvalue weighted by atomic mass is 79.9. The minimum atomic E-state index is -0.484. The average molecular weight is 346 g/mol. The topological polar surface area (TPSA) is 41.9 Å². The molecule has 0 aliphatic carbocycles. The summed E-state index contributed by atoms with van der Waals surface area (Å²) >= 11 is 3.52. The first-order chi connectivity index (χ1) is 9.51. The van der Waals surface area contributed by atoms with Gasteiger partial charge in [-0.1, -0.05) is 22.0 Å². The van der Waals surface area contributed by atoms with E-state index in [0.717, 1.165) is 22.3 Å². The van der Waals surface area contributed by atoms with Crippen molar-refractivity contribution in [2.75, 3.05) is 38.9 Å². The maximum atomic E-state index is 9.69. The molecule has 1 rings (SSSR count). The standard InChI is InChI=1S/C15H24BrNO3/c1-11(10-20-4)17(7-8-19-3)13-5-6-14(12(2)18)15(16)9-13/h5-6,9,11-12,18H,7-8,10H2,1-4H3/t11?,12-/m1/s1. The highest BCUT2D eigenvalue weighted by Gasteiger charge is 2.16. The lowest BCUT2D eigenvalue weighted by atomic mass is 10.1. The SMILES string of the molecule is COCCN(c1ccc([C@@H](C)O)c(Br)c1)C(C)COC. The molecule has 0 bridgehead atoms. The van der Waals surface area contributed by atoms with Crippen molar-refractivity contribution in [1.82, 2.24) is 0 Å². The summed E-state index contributed by atoms with van der Waals surface area (Å²) in [6.07, 6.45) is -0.484. The van der Waals surface area contributed by atoms with Gasteiger partial charge in [-0.3, -0.25) is 0 Å². The molecule has 1 N–H and O–H groups in total. The van der Waals surface area contributed by atoms with Gasteiger partial charge in [-0.2, -0.15) is 0 Å². The number of aliphatic hydroxyl groups is 1. The number of aliphatic hydroxyl groups excluding tert-OH is 1. The van der Waals surface area contributed by atoms with Crippen LogP contribution < -0.4 is 4.90 Å². The number of hydrogen-bond acceptors (Lipinski definition) is 4. The Hall–Kier alpha value is -0.620. The summed E-state index contributed by atoms with van der Waals surface area (Å²) < 4.78 is 11.3. The van der Waals surface area contributed by atoms with Crippen molar-refractivity contribution < 1.29 is 14.6 Å². The molecule has 2 atom stereocenters. The fraction of sp³-hybridized carbons (Fsp3) is 0.600. The Bertz CT molecular complexity index is 412. The third-order valence-corrected chi connectivity index (χ3v) is 3.93. The van der Waals surface area contributed by atoms with Crippen molar-refractivity contribution in [3.63, 3.8) is 0 Å². The molecule has 1 aromatic carbocycles. The zero-order valence-electron chi connectivity index (χ0n) is 12.6. The number of anilines is 1. The van der Waals surface area contributed by atoms with Crippen LogP contribution in [-0.4, -0.2) is 45.1 Å². The van der Waals surface area contributed by atoms with E-state index in [1.807, 2.05) is 18.2 Å². The maximum absolute atomic E-state index is 9.69. The number of rotatable bonds is 8. The molecule has 20 heavy (non-hydrogen) atoms. The lowest BCUT2D eigenvalue weighted by molar-refractivity contribution is 0.171. The fourth-order valence-electron chi connectivity index (χ4n) is 2.16. The van der Waals surface area contributed by atoms with E-state index in [-0.39, 0.29) is 6.04 Å². The molecule has 114 valence electrons. The second-order valence-corrected chi connectivity index (χ2v) is 5.73. The van der Waals surface area contributed by atoms with Crippen molar-refractivity contribution in [2.24, 2.45) is 0 Å². The number of methoxy groups -OCH3 is 2. The van der Waals surface area contributed by atoms with E-state index in [1.54, 1.807) is 21.1 Å². The summed E-state index contributed by atoms with van der Waals surface area (Å²) in [5.41, 5.74) is 1.97. The van der Waals surface area contributed by atoms with Gasteiger partial charge >= 0.3 is 0 Å². The van der Waals surface area contributed by atoms with Crippen LogP contribution in [0.5, 0.6) is 0 Å². The average Bonchev–Trinajstić information content (AvgIpc) is 2.39. The lowest BCUT2D eigenvalue weighted by Gasteiger charge is -2.31. The molecule has 1 aromatic rings. The monoisotopic (exact) mass is 345 g/mol. The van der Waals surface area contributed by atoms with Gasteiger partial charge in [0.2, 0.25) is 0 Å². The lowest BCUT2D eigenvalue weighted by Crippen LogP contribution is -2.38. The van der Waals surface area contributed by atoms with E-state index in [1.165, 1.54) is 0 Å². The van der Waals surface area contributed by atoms with Crippen LogP contribution in [-0.2, 0) is 9.47 Å². The number of halogens is 1. The highest BCUT2D eigenvalue weighted by Crippen LogP contribution is 2.29. The molecule has 0 aliphatic heterocycles. The van der Waals surface area contributed by atoms with Gasteiger partial charge in [0.05, 0.1) is 19.3 Å². The van der Waals surface area contributed by atoms with Gasteiger partial charge in [0.1, 0.15) is 0 Å². The molecule has 0 aliphatic rings. The van der Waals surface area contributed by atoms with E-state index in [9.17, 15) is 5.11 Å². The third-order valence-electron chi connectivity index (χ3n) is 3.24. The molecule has 0 saturated heterocycles. The van der Waals surface area contributed by atoms with Crippen LogP contribution in [0.25, 0.3) is 0 Å². The predicted octanol–water partition coefficient (Wildman–Crippen LogP) is 2.99. The molecular formula is C15H24BrNO3. The number of hydrogen-bond donors (Lipinski definition) is 1. The van der Waals surface area contributed by atoms with Gasteiger partial charge in [0.25, 0.3) is 0 Å². The van der Waals surface area contributed by atoms with E-state index in [2.05, 4.69) is 27.8 Å². The highest BCUT2D eigenvalue weighted by molar-refractivity contribution is 9.10. The summed E-state index contributed by atoms with van der Waals surface area (Å²) in [6, 6.07) is 6.25. The van der Waals surface area contributed by atoms with Gasteiger partial charge in [0, 0.05) is 37.0 Å². The summed E-state index contributed by atoms with van der Waals surface area (Å²) in [6.45, 7) is 5.98. The molecule has 0 heterocycles. The Morgan fingerprint density at radius 2 is 1.95 bits per heavy atom. The molecule has 5 heteroatoms. The van der Waals surface area contributed by atoms with Crippen LogP contribution in [0, 0.1) is 0 Å². The molecule has 4 nitrogen and oxygen atoms in total. The van der Waals surface area contributed by atoms with Crippen LogP contribution in [0.3, 0.4) is 0 Å². The molecular weight excluding hydrogens is 322 g/mol. The van der Waals surface area contributed by atoms with Crippen LogP contribution in [0.15, 0.2) is 22.7 Å². The van der Waals surface area contributed by atoms with Crippen LogP contribution >= 0.6 is 15.9 Å². The molecule has 1 unspecified atom stereocenters.